The molecule has 6 nitrogen and oxygen atoms in total. The summed E-state index contributed by atoms with van der Waals surface area (Å²) in [6, 6.07) is 5.79. The second-order valence-electron chi connectivity index (χ2n) is 7.52. The van der Waals surface area contributed by atoms with Gasteiger partial charge in [-0.3, -0.25) is 9.59 Å². The highest BCUT2D eigenvalue weighted by Gasteiger charge is 2.42. The Morgan fingerprint density at radius 2 is 2.04 bits per heavy atom. The first-order valence-electron chi connectivity index (χ1n) is 8.49. The second-order valence-corrected chi connectivity index (χ2v) is 9.70. The van der Waals surface area contributed by atoms with Gasteiger partial charge in [-0.2, -0.15) is 0 Å². The van der Waals surface area contributed by atoms with Crippen molar-refractivity contribution in [1.82, 2.24) is 5.32 Å². The minimum absolute atomic E-state index is 0.0346. The standard InChI is InChI=1S/C18H24N2O4S/c1-12-5-4-6-15(13(12)2)20-10-14(9-16(20)21)17(22)19-18(3)7-8-25(23,24)11-18/h4-6,14H,7-11H2,1-3H3,(H,19,22)/t14-,18+/m0/s1. The van der Waals surface area contributed by atoms with Gasteiger partial charge in [0.2, 0.25) is 11.8 Å². The molecule has 2 heterocycles. The van der Waals surface area contributed by atoms with Crippen molar-refractivity contribution in [2.75, 3.05) is 23.0 Å². The van der Waals surface area contributed by atoms with Gasteiger partial charge in [-0.25, -0.2) is 8.42 Å². The fraction of sp³-hybridized carbons (Fsp3) is 0.556. The van der Waals surface area contributed by atoms with Crippen LogP contribution >= 0.6 is 0 Å². The molecule has 1 N–H and O–H groups in total. The van der Waals surface area contributed by atoms with E-state index >= 15 is 0 Å². The molecule has 0 bridgehead atoms. The lowest BCUT2D eigenvalue weighted by Gasteiger charge is -2.26. The predicted molar refractivity (Wildman–Crippen MR) is 96.2 cm³/mol. The summed E-state index contributed by atoms with van der Waals surface area (Å²) in [4.78, 5) is 26.7. The summed E-state index contributed by atoms with van der Waals surface area (Å²) in [6.45, 7) is 6.05. The molecule has 2 aliphatic heterocycles. The van der Waals surface area contributed by atoms with Crippen LogP contribution in [0.1, 0.15) is 30.9 Å². The summed E-state index contributed by atoms with van der Waals surface area (Å²) in [6.07, 6.45) is 0.574. The van der Waals surface area contributed by atoms with E-state index in [4.69, 9.17) is 0 Å². The van der Waals surface area contributed by atoms with Crippen molar-refractivity contribution in [2.24, 2.45) is 5.92 Å². The highest BCUT2D eigenvalue weighted by molar-refractivity contribution is 7.91. The largest absolute Gasteiger partial charge is 0.350 e. The lowest BCUT2D eigenvalue weighted by atomic mass is 9.99. The van der Waals surface area contributed by atoms with E-state index in [1.54, 1.807) is 11.8 Å². The quantitative estimate of drug-likeness (QED) is 0.877. The second kappa shape index (κ2) is 6.12. The van der Waals surface area contributed by atoms with E-state index in [0.29, 0.717) is 13.0 Å². The Bertz CT molecular complexity index is 833. The molecular weight excluding hydrogens is 340 g/mol. The number of aryl methyl sites for hydroxylation is 1. The van der Waals surface area contributed by atoms with E-state index < -0.39 is 21.3 Å². The smallest absolute Gasteiger partial charge is 0.227 e. The Morgan fingerprint density at radius 1 is 1.32 bits per heavy atom. The van der Waals surface area contributed by atoms with Crippen LogP contribution in [0.15, 0.2) is 18.2 Å². The van der Waals surface area contributed by atoms with Crippen molar-refractivity contribution < 1.29 is 18.0 Å². The Labute approximate surface area is 148 Å². The number of amides is 2. The number of carbonyl (C=O) groups excluding carboxylic acids is 2. The normalized spacial score (nSPS) is 28.4. The first kappa shape index (κ1) is 17.9. The van der Waals surface area contributed by atoms with Crippen molar-refractivity contribution >= 4 is 27.3 Å². The highest BCUT2D eigenvalue weighted by atomic mass is 32.2. The summed E-state index contributed by atoms with van der Waals surface area (Å²) in [7, 11) is -3.09. The molecule has 1 aromatic rings. The minimum Gasteiger partial charge on any atom is -0.350 e. The Hall–Kier alpha value is -1.89. The molecule has 2 amide bonds. The number of carbonyl (C=O) groups is 2. The van der Waals surface area contributed by atoms with Crippen molar-refractivity contribution in [3.63, 3.8) is 0 Å². The topological polar surface area (TPSA) is 83.6 Å². The maximum atomic E-state index is 12.6. The molecule has 2 fully saturated rings. The number of hydrogen-bond donors (Lipinski definition) is 1. The van der Waals surface area contributed by atoms with Gasteiger partial charge in [0.05, 0.1) is 23.0 Å². The molecule has 0 radical (unpaired) electrons. The van der Waals surface area contributed by atoms with Crippen LogP contribution in [-0.4, -0.2) is 43.8 Å². The summed E-state index contributed by atoms with van der Waals surface area (Å²) >= 11 is 0. The van der Waals surface area contributed by atoms with Crippen LogP contribution in [0, 0.1) is 19.8 Å². The van der Waals surface area contributed by atoms with Gasteiger partial charge in [0, 0.05) is 18.7 Å². The van der Waals surface area contributed by atoms with Crippen LogP contribution in [0.25, 0.3) is 0 Å². The van der Waals surface area contributed by atoms with E-state index in [2.05, 4.69) is 5.32 Å². The molecule has 2 aliphatic rings. The molecule has 3 rings (SSSR count). The number of rotatable bonds is 3. The van der Waals surface area contributed by atoms with E-state index in [1.165, 1.54) is 0 Å². The third-order valence-electron chi connectivity index (χ3n) is 5.29. The van der Waals surface area contributed by atoms with Crippen molar-refractivity contribution in [1.29, 1.82) is 0 Å². The number of anilines is 1. The molecule has 2 atom stereocenters. The lowest BCUT2D eigenvalue weighted by molar-refractivity contribution is -0.127. The fourth-order valence-electron chi connectivity index (χ4n) is 3.65. The van der Waals surface area contributed by atoms with E-state index in [0.717, 1.165) is 16.8 Å². The van der Waals surface area contributed by atoms with Gasteiger partial charge >= 0.3 is 0 Å². The van der Waals surface area contributed by atoms with Crippen LogP contribution in [0.4, 0.5) is 5.69 Å². The molecular formula is C18H24N2O4S. The fourth-order valence-corrected chi connectivity index (χ4v) is 5.75. The van der Waals surface area contributed by atoms with E-state index in [9.17, 15) is 18.0 Å². The van der Waals surface area contributed by atoms with Gasteiger partial charge in [-0.15, -0.1) is 0 Å². The Morgan fingerprint density at radius 3 is 2.68 bits per heavy atom. The number of hydrogen-bond acceptors (Lipinski definition) is 4. The third-order valence-corrected chi connectivity index (χ3v) is 7.19. The molecule has 0 aromatic heterocycles. The third kappa shape index (κ3) is 3.56. The van der Waals surface area contributed by atoms with Gasteiger partial charge in [0.25, 0.3) is 0 Å². The highest BCUT2D eigenvalue weighted by Crippen LogP contribution is 2.30. The molecule has 7 heteroatoms. The summed E-state index contributed by atoms with van der Waals surface area (Å²) < 4.78 is 23.4. The minimum atomic E-state index is -3.09. The number of nitrogens with one attached hydrogen (secondary N) is 1. The lowest BCUT2D eigenvalue weighted by Crippen LogP contribution is -2.49. The average molecular weight is 364 g/mol. The first-order valence-corrected chi connectivity index (χ1v) is 10.3. The van der Waals surface area contributed by atoms with Crippen molar-refractivity contribution in [3.8, 4) is 0 Å². The molecule has 2 saturated heterocycles. The van der Waals surface area contributed by atoms with Crippen LogP contribution in [0.3, 0.4) is 0 Å². The Balaban J connectivity index is 1.72. The van der Waals surface area contributed by atoms with Gasteiger partial charge in [-0.05, 0) is 44.4 Å². The zero-order chi connectivity index (χ0) is 18.4. The van der Waals surface area contributed by atoms with Gasteiger partial charge < -0.3 is 10.2 Å². The number of benzene rings is 1. The molecule has 0 spiro atoms. The zero-order valence-corrected chi connectivity index (χ0v) is 15.6. The van der Waals surface area contributed by atoms with Crippen LogP contribution in [-0.2, 0) is 19.4 Å². The van der Waals surface area contributed by atoms with Crippen LogP contribution in [0.2, 0.25) is 0 Å². The summed E-state index contributed by atoms with van der Waals surface area (Å²) in [5.41, 5.74) is 2.24. The molecule has 0 aliphatic carbocycles. The number of nitrogens with zero attached hydrogens (tertiary/aromatic N) is 1. The van der Waals surface area contributed by atoms with Crippen LogP contribution < -0.4 is 10.2 Å². The molecule has 0 saturated carbocycles. The van der Waals surface area contributed by atoms with Crippen LogP contribution in [0.5, 0.6) is 0 Å². The van der Waals surface area contributed by atoms with Crippen molar-refractivity contribution in [3.05, 3.63) is 29.3 Å². The SMILES string of the molecule is Cc1cccc(N2C[C@@H](C(=O)N[C@]3(C)CCS(=O)(=O)C3)CC2=O)c1C. The molecule has 25 heavy (non-hydrogen) atoms. The summed E-state index contributed by atoms with van der Waals surface area (Å²) in [5, 5.41) is 2.87. The average Bonchev–Trinajstić information content (AvgIpc) is 3.02. The predicted octanol–water partition coefficient (Wildman–Crippen LogP) is 1.35. The number of sulfone groups is 1. The Kier molecular flexibility index (Phi) is 4.39. The first-order chi connectivity index (χ1) is 11.6. The molecule has 136 valence electrons. The van der Waals surface area contributed by atoms with Gasteiger partial charge in [0.15, 0.2) is 9.84 Å². The van der Waals surface area contributed by atoms with Gasteiger partial charge in [0.1, 0.15) is 0 Å². The molecule has 0 unspecified atom stereocenters. The van der Waals surface area contributed by atoms with Crippen molar-refractivity contribution in [2.45, 2.75) is 39.2 Å². The summed E-state index contributed by atoms with van der Waals surface area (Å²) in [5.74, 6) is -0.693. The monoisotopic (exact) mass is 364 g/mol. The van der Waals surface area contributed by atoms with E-state index in [-0.39, 0.29) is 29.7 Å². The maximum absolute atomic E-state index is 12.6. The molecule has 1 aromatic carbocycles. The van der Waals surface area contributed by atoms with Gasteiger partial charge in [-0.1, -0.05) is 12.1 Å². The van der Waals surface area contributed by atoms with E-state index in [1.807, 2.05) is 32.0 Å². The zero-order valence-electron chi connectivity index (χ0n) is 14.8. The maximum Gasteiger partial charge on any atom is 0.227 e.